The Balaban J connectivity index is 1.45. The van der Waals surface area contributed by atoms with Crippen LogP contribution in [0.15, 0.2) is 48.5 Å². The summed E-state index contributed by atoms with van der Waals surface area (Å²) in [5.41, 5.74) is 0.397. The van der Waals surface area contributed by atoms with Crippen molar-refractivity contribution in [1.29, 1.82) is 0 Å². The minimum atomic E-state index is -4.43. The Kier molecular flexibility index (Phi) is 5.43. The van der Waals surface area contributed by atoms with E-state index in [1.165, 1.54) is 17.0 Å². The Labute approximate surface area is 176 Å². The number of nitrogens with zero attached hydrogens (tertiary/aromatic N) is 2. The van der Waals surface area contributed by atoms with Gasteiger partial charge in [-0.2, -0.15) is 13.2 Å². The van der Waals surface area contributed by atoms with E-state index in [-0.39, 0.29) is 12.2 Å². The number of aldehydes is 1. The molecule has 1 atom stereocenters. The summed E-state index contributed by atoms with van der Waals surface area (Å²) in [6.07, 6.45) is -1.92. The Hall–Kier alpha value is -3.36. The van der Waals surface area contributed by atoms with Crippen molar-refractivity contribution in [2.45, 2.75) is 25.4 Å². The lowest BCUT2D eigenvalue weighted by Crippen LogP contribution is -2.49. The average molecular weight is 430 g/mol. The fraction of sp³-hybridized carbons (Fsp3) is 0.318. The van der Waals surface area contributed by atoms with Crippen molar-refractivity contribution >= 4 is 29.0 Å². The summed E-state index contributed by atoms with van der Waals surface area (Å²) in [5, 5.41) is 2.62. The number of halogens is 3. The van der Waals surface area contributed by atoms with Crippen LogP contribution < -0.4 is 5.32 Å². The van der Waals surface area contributed by atoms with Crippen LogP contribution in [0.4, 0.5) is 23.7 Å². The number of alkyl halides is 3. The normalized spacial score (nSPS) is 19.4. The van der Waals surface area contributed by atoms with Gasteiger partial charge in [0.05, 0.1) is 22.0 Å². The number of para-hydroxylation sites is 2. The predicted molar refractivity (Wildman–Crippen MR) is 110 cm³/mol. The number of H-pyrrole nitrogens is 1. The summed E-state index contributed by atoms with van der Waals surface area (Å²) in [6.45, 7) is 0.669. The van der Waals surface area contributed by atoms with Gasteiger partial charge in [-0.3, -0.25) is 0 Å². The molecule has 2 amide bonds. The number of anilines is 1. The molecule has 2 heterocycles. The summed E-state index contributed by atoms with van der Waals surface area (Å²) in [5.74, 6) is 0.679. The van der Waals surface area contributed by atoms with Crippen molar-refractivity contribution in [2.75, 3.05) is 18.4 Å². The molecule has 2 aromatic carbocycles. The smallest absolute Gasteiger partial charge is 0.342 e. The van der Waals surface area contributed by atoms with Gasteiger partial charge in [-0.1, -0.05) is 12.1 Å². The molecule has 0 saturated carbocycles. The number of hydrogen-bond donors (Lipinski definition) is 2. The summed E-state index contributed by atoms with van der Waals surface area (Å²) in [7, 11) is 0. The third kappa shape index (κ3) is 4.55. The first-order valence-electron chi connectivity index (χ1n) is 9.91. The Bertz CT molecular complexity index is 1060. The first-order chi connectivity index (χ1) is 14.8. The van der Waals surface area contributed by atoms with Crippen LogP contribution in [0.25, 0.3) is 11.0 Å². The predicted octanol–water partition coefficient (Wildman–Crippen LogP) is 4.64. The second kappa shape index (κ2) is 8.05. The summed E-state index contributed by atoms with van der Waals surface area (Å²) < 4.78 is 38.1. The van der Waals surface area contributed by atoms with Crippen LogP contribution in [0.1, 0.15) is 24.2 Å². The lowest BCUT2D eigenvalue weighted by Gasteiger charge is -2.38. The maximum Gasteiger partial charge on any atom is 0.416 e. The van der Waals surface area contributed by atoms with Gasteiger partial charge in [-0.25, -0.2) is 9.78 Å². The lowest BCUT2D eigenvalue weighted by atomic mass is 9.78. The van der Waals surface area contributed by atoms with Crippen molar-refractivity contribution in [2.24, 2.45) is 5.41 Å². The maximum atomic E-state index is 12.7. The molecule has 0 radical (unpaired) electrons. The van der Waals surface area contributed by atoms with Crippen molar-refractivity contribution in [3.05, 3.63) is 59.9 Å². The third-order valence-electron chi connectivity index (χ3n) is 5.57. The van der Waals surface area contributed by atoms with Crippen LogP contribution >= 0.6 is 0 Å². The zero-order valence-electron chi connectivity index (χ0n) is 16.6. The summed E-state index contributed by atoms with van der Waals surface area (Å²) >= 11 is 0. The molecule has 0 bridgehead atoms. The first-order valence-corrected chi connectivity index (χ1v) is 9.91. The number of piperidine rings is 1. The Morgan fingerprint density at radius 2 is 1.94 bits per heavy atom. The molecule has 1 aromatic heterocycles. The fourth-order valence-electron chi connectivity index (χ4n) is 3.98. The number of benzene rings is 2. The SMILES string of the molecule is O=CC1(Cc2nc3ccccc3[nH]2)CCCN(C(=O)Nc2ccc(C(F)(F)F)cc2)C1. The van der Waals surface area contributed by atoms with Gasteiger partial charge in [-0.15, -0.1) is 0 Å². The lowest BCUT2D eigenvalue weighted by molar-refractivity contribution is -0.137. The maximum absolute atomic E-state index is 12.7. The van der Waals surface area contributed by atoms with Gasteiger partial charge >= 0.3 is 12.2 Å². The Morgan fingerprint density at radius 1 is 1.19 bits per heavy atom. The van der Waals surface area contributed by atoms with Gasteiger partial charge < -0.3 is 20.0 Å². The fourth-order valence-corrected chi connectivity index (χ4v) is 3.98. The van der Waals surface area contributed by atoms with Gasteiger partial charge in [0.25, 0.3) is 0 Å². The van der Waals surface area contributed by atoms with E-state index >= 15 is 0 Å². The molecular formula is C22H21F3N4O2. The highest BCUT2D eigenvalue weighted by atomic mass is 19.4. The molecule has 1 unspecified atom stereocenters. The number of aromatic nitrogens is 2. The molecular weight excluding hydrogens is 409 g/mol. The van der Waals surface area contributed by atoms with Gasteiger partial charge in [0, 0.05) is 25.2 Å². The van der Waals surface area contributed by atoms with Gasteiger partial charge in [0.15, 0.2) is 0 Å². The van der Waals surface area contributed by atoms with Crippen LogP contribution in [0.5, 0.6) is 0 Å². The molecule has 1 aliphatic rings. The zero-order valence-corrected chi connectivity index (χ0v) is 16.6. The average Bonchev–Trinajstić information content (AvgIpc) is 3.15. The molecule has 0 spiro atoms. The summed E-state index contributed by atoms with van der Waals surface area (Å²) in [4.78, 5) is 34.0. The number of fused-ring (bicyclic) bond motifs is 1. The van der Waals surface area contributed by atoms with Gasteiger partial charge in [-0.05, 0) is 49.2 Å². The molecule has 1 saturated heterocycles. The number of nitrogens with one attached hydrogen (secondary N) is 2. The highest BCUT2D eigenvalue weighted by Crippen LogP contribution is 2.33. The molecule has 3 aromatic rings. The molecule has 4 rings (SSSR count). The van der Waals surface area contributed by atoms with Crippen LogP contribution in [0.3, 0.4) is 0 Å². The number of rotatable bonds is 4. The van der Waals surface area contributed by atoms with E-state index in [0.717, 1.165) is 29.5 Å². The van der Waals surface area contributed by atoms with Crippen molar-refractivity contribution in [3.8, 4) is 0 Å². The Morgan fingerprint density at radius 3 is 2.61 bits per heavy atom. The van der Waals surface area contributed by atoms with Crippen LogP contribution in [-0.4, -0.2) is 40.3 Å². The van der Waals surface area contributed by atoms with Gasteiger partial charge in [0.2, 0.25) is 0 Å². The number of hydrogen-bond acceptors (Lipinski definition) is 3. The minimum absolute atomic E-state index is 0.208. The highest BCUT2D eigenvalue weighted by Gasteiger charge is 2.38. The number of likely N-dealkylation sites (tertiary alicyclic amines) is 1. The molecule has 0 aliphatic carbocycles. The van der Waals surface area contributed by atoms with Crippen molar-refractivity contribution in [3.63, 3.8) is 0 Å². The molecule has 1 fully saturated rings. The van der Waals surface area contributed by atoms with Crippen LogP contribution in [0, 0.1) is 5.41 Å². The molecule has 1 aliphatic heterocycles. The molecule has 2 N–H and O–H groups in total. The van der Waals surface area contributed by atoms with E-state index in [9.17, 15) is 22.8 Å². The molecule has 6 nitrogen and oxygen atoms in total. The standard InChI is InChI=1S/C22H21F3N4O2/c23-22(24,25)15-6-8-16(9-7-15)26-20(31)29-11-3-10-21(13-29,14-30)12-19-27-17-4-1-2-5-18(17)28-19/h1-2,4-9,14H,3,10-13H2,(H,26,31)(H,27,28). The monoisotopic (exact) mass is 430 g/mol. The summed E-state index contributed by atoms with van der Waals surface area (Å²) in [6, 6.07) is 11.4. The highest BCUT2D eigenvalue weighted by molar-refractivity contribution is 5.89. The van der Waals surface area contributed by atoms with Gasteiger partial charge in [0.1, 0.15) is 12.1 Å². The van der Waals surface area contributed by atoms with E-state index in [0.29, 0.717) is 31.6 Å². The topological polar surface area (TPSA) is 78.1 Å². The van der Waals surface area contributed by atoms with E-state index in [2.05, 4.69) is 15.3 Å². The van der Waals surface area contributed by atoms with Crippen LogP contribution in [-0.2, 0) is 17.4 Å². The first kappa shape index (κ1) is 20.9. The van der Waals surface area contributed by atoms with Crippen molar-refractivity contribution < 1.29 is 22.8 Å². The van der Waals surface area contributed by atoms with E-state index in [1.54, 1.807) is 0 Å². The second-order valence-corrected chi connectivity index (χ2v) is 7.89. The minimum Gasteiger partial charge on any atom is -0.342 e. The van der Waals surface area contributed by atoms with E-state index in [4.69, 9.17) is 0 Å². The quantitative estimate of drug-likeness (QED) is 0.592. The van der Waals surface area contributed by atoms with Crippen LogP contribution in [0.2, 0.25) is 0 Å². The van der Waals surface area contributed by atoms with Crippen molar-refractivity contribution in [1.82, 2.24) is 14.9 Å². The largest absolute Gasteiger partial charge is 0.416 e. The third-order valence-corrected chi connectivity index (χ3v) is 5.57. The number of aromatic amines is 1. The molecule has 9 heteroatoms. The number of amides is 2. The number of urea groups is 1. The van der Waals surface area contributed by atoms with E-state index < -0.39 is 23.2 Å². The number of carbonyl (C=O) groups is 2. The van der Waals surface area contributed by atoms with E-state index in [1.807, 2.05) is 24.3 Å². The molecule has 162 valence electrons. The molecule has 31 heavy (non-hydrogen) atoms. The second-order valence-electron chi connectivity index (χ2n) is 7.89. The number of carbonyl (C=O) groups excluding carboxylic acids is 2. The number of imidazole rings is 1. The zero-order chi connectivity index (χ0) is 22.1.